The maximum Gasteiger partial charge on any atom is 0.325 e. The first kappa shape index (κ1) is 23.7. The van der Waals surface area contributed by atoms with Crippen molar-refractivity contribution in [3.05, 3.63) is 72.3 Å². The molecule has 0 aromatic heterocycles. The van der Waals surface area contributed by atoms with Gasteiger partial charge in [-0.05, 0) is 60.5 Å². The molecule has 1 aliphatic rings. The van der Waals surface area contributed by atoms with Crippen LogP contribution in [-0.4, -0.2) is 48.3 Å². The van der Waals surface area contributed by atoms with E-state index >= 15 is 0 Å². The van der Waals surface area contributed by atoms with E-state index < -0.39 is 29.9 Å². The SMILES string of the molecule is CCNC(=O)COc1ccc(NC(=O)CN2C(=O)NC(C)(c3ccc4ccccc4c3)C2=O)cc1. The molecule has 1 unspecified atom stereocenters. The molecule has 3 aromatic carbocycles. The number of carbonyl (C=O) groups is 4. The Bertz CT molecular complexity index is 1290. The van der Waals surface area contributed by atoms with Crippen molar-refractivity contribution < 1.29 is 23.9 Å². The topological polar surface area (TPSA) is 117 Å². The smallest absolute Gasteiger partial charge is 0.325 e. The summed E-state index contributed by atoms with van der Waals surface area (Å²) in [5, 5.41) is 10.00. The van der Waals surface area contributed by atoms with Gasteiger partial charge in [0.2, 0.25) is 5.91 Å². The van der Waals surface area contributed by atoms with Crippen molar-refractivity contribution in [3.63, 3.8) is 0 Å². The van der Waals surface area contributed by atoms with Crippen molar-refractivity contribution in [2.24, 2.45) is 0 Å². The number of nitrogens with one attached hydrogen (secondary N) is 3. The van der Waals surface area contributed by atoms with E-state index in [1.54, 1.807) is 37.3 Å². The van der Waals surface area contributed by atoms with Gasteiger partial charge in [-0.25, -0.2) is 4.79 Å². The lowest BCUT2D eigenvalue weighted by Gasteiger charge is -2.22. The van der Waals surface area contributed by atoms with E-state index in [1.165, 1.54) is 0 Å². The number of benzene rings is 3. The van der Waals surface area contributed by atoms with Crippen LogP contribution in [0.4, 0.5) is 10.5 Å². The Morgan fingerprint density at radius 1 is 0.971 bits per heavy atom. The highest BCUT2D eigenvalue weighted by Crippen LogP contribution is 2.31. The average molecular weight is 475 g/mol. The second kappa shape index (κ2) is 9.84. The fourth-order valence-corrected chi connectivity index (χ4v) is 3.91. The van der Waals surface area contributed by atoms with Crippen LogP contribution in [0.2, 0.25) is 0 Å². The summed E-state index contributed by atoms with van der Waals surface area (Å²) in [4.78, 5) is 50.8. The highest BCUT2D eigenvalue weighted by molar-refractivity contribution is 6.10. The molecular weight excluding hydrogens is 448 g/mol. The van der Waals surface area contributed by atoms with Gasteiger partial charge in [0.1, 0.15) is 17.8 Å². The maximum absolute atomic E-state index is 13.2. The van der Waals surface area contributed by atoms with E-state index in [0.29, 0.717) is 23.5 Å². The van der Waals surface area contributed by atoms with Gasteiger partial charge in [-0.1, -0.05) is 36.4 Å². The molecule has 0 saturated carbocycles. The van der Waals surface area contributed by atoms with Crippen LogP contribution in [0.3, 0.4) is 0 Å². The zero-order valence-corrected chi connectivity index (χ0v) is 19.5. The molecule has 9 heteroatoms. The number of amides is 5. The van der Waals surface area contributed by atoms with E-state index in [-0.39, 0.29) is 12.5 Å². The third kappa shape index (κ3) is 5.08. The number of hydrogen-bond acceptors (Lipinski definition) is 5. The van der Waals surface area contributed by atoms with Crippen molar-refractivity contribution in [2.75, 3.05) is 25.0 Å². The van der Waals surface area contributed by atoms with Crippen molar-refractivity contribution in [2.45, 2.75) is 19.4 Å². The largest absolute Gasteiger partial charge is 0.484 e. The number of anilines is 1. The summed E-state index contributed by atoms with van der Waals surface area (Å²) in [5.74, 6) is -0.780. The third-order valence-corrected chi connectivity index (χ3v) is 5.79. The maximum atomic E-state index is 13.2. The molecule has 1 heterocycles. The zero-order valence-electron chi connectivity index (χ0n) is 19.5. The molecular formula is C26H26N4O5. The lowest BCUT2D eigenvalue weighted by molar-refractivity contribution is -0.133. The van der Waals surface area contributed by atoms with Gasteiger partial charge >= 0.3 is 6.03 Å². The molecule has 1 fully saturated rings. The van der Waals surface area contributed by atoms with E-state index in [4.69, 9.17) is 4.74 Å². The number of rotatable bonds is 8. The first-order valence-electron chi connectivity index (χ1n) is 11.2. The Balaban J connectivity index is 1.39. The summed E-state index contributed by atoms with van der Waals surface area (Å²) in [7, 11) is 0. The van der Waals surface area contributed by atoms with Crippen LogP contribution in [0.1, 0.15) is 19.4 Å². The molecule has 1 atom stereocenters. The predicted octanol–water partition coefficient (Wildman–Crippen LogP) is 2.76. The summed E-state index contributed by atoms with van der Waals surface area (Å²) in [5.41, 5.74) is -0.171. The monoisotopic (exact) mass is 474 g/mol. The predicted molar refractivity (Wildman–Crippen MR) is 131 cm³/mol. The van der Waals surface area contributed by atoms with E-state index in [0.717, 1.165) is 15.7 Å². The van der Waals surface area contributed by atoms with Crippen LogP contribution >= 0.6 is 0 Å². The molecule has 0 aliphatic carbocycles. The van der Waals surface area contributed by atoms with Gasteiger partial charge in [-0.2, -0.15) is 0 Å². The van der Waals surface area contributed by atoms with Gasteiger partial charge < -0.3 is 20.7 Å². The zero-order chi connectivity index (χ0) is 25.0. The van der Waals surface area contributed by atoms with Crippen LogP contribution in [0, 0.1) is 0 Å². The number of fused-ring (bicyclic) bond motifs is 1. The van der Waals surface area contributed by atoms with Crippen molar-refractivity contribution in [3.8, 4) is 5.75 Å². The standard InChI is InChI=1S/C26H26N4O5/c1-3-27-23(32)16-35-21-12-10-20(11-13-21)28-22(31)15-30-24(33)26(2,29-25(30)34)19-9-8-17-6-4-5-7-18(17)14-19/h4-14H,3,15-16H2,1-2H3,(H,27,32)(H,28,31)(H,29,34). The van der Waals surface area contributed by atoms with Crippen molar-refractivity contribution in [1.82, 2.24) is 15.5 Å². The third-order valence-electron chi connectivity index (χ3n) is 5.79. The fourth-order valence-electron chi connectivity index (χ4n) is 3.91. The van der Waals surface area contributed by atoms with Crippen LogP contribution < -0.4 is 20.7 Å². The highest BCUT2D eigenvalue weighted by Gasteiger charge is 2.49. The van der Waals surface area contributed by atoms with Crippen LogP contribution in [-0.2, 0) is 19.9 Å². The number of hydrogen-bond donors (Lipinski definition) is 3. The first-order valence-corrected chi connectivity index (χ1v) is 11.2. The molecule has 0 bridgehead atoms. The van der Waals surface area contributed by atoms with Gasteiger partial charge in [0, 0.05) is 12.2 Å². The molecule has 180 valence electrons. The summed E-state index contributed by atoms with van der Waals surface area (Å²) in [6.45, 7) is 3.43. The van der Waals surface area contributed by atoms with Gasteiger partial charge in [0.05, 0.1) is 0 Å². The molecule has 1 saturated heterocycles. The molecule has 4 rings (SSSR count). The number of urea groups is 1. The number of likely N-dealkylation sites (N-methyl/N-ethyl adjacent to an activating group) is 1. The number of nitrogens with zero attached hydrogens (tertiary/aromatic N) is 1. The molecule has 0 radical (unpaired) electrons. The van der Waals surface area contributed by atoms with Crippen LogP contribution in [0.25, 0.3) is 10.8 Å². The second-order valence-electron chi connectivity index (χ2n) is 8.32. The Morgan fingerprint density at radius 3 is 2.40 bits per heavy atom. The Labute approximate surface area is 202 Å². The molecule has 0 spiro atoms. The molecule has 9 nitrogen and oxygen atoms in total. The van der Waals surface area contributed by atoms with Crippen molar-refractivity contribution in [1.29, 1.82) is 0 Å². The summed E-state index contributed by atoms with van der Waals surface area (Å²) in [6.07, 6.45) is 0. The first-order chi connectivity index (χ1) is 16.8. The summed E-state index contributed by atoms with van der Waals surface area (Å²) in [6, 6.07) is 19.1. The average Bonchev–Trinajstić information content (AvgIpc) is 3.07. The minimum absolute atomic E-state index is 0.109. The minimum Gasteiger partial charge on any atom is -0.484 e. The minimum atomic E-state index is -1.27. The van der Waals surface area contributed by atoms with E-state index in [9.17, 15) is 19.2 Å². The molecule has 35 heavy (non-hydrogen) atoms. The lowest BCUT2D eigenvalue weighted by atomic mass is 9.90. The van der Waals surface area contributed by atoms with Gasteiger partial charge in [-0.15, -0.1) is 0 Å². The summed E-state index contributed by atoms with van der Waals surface area (Å²) >= 11 is 0. The van der Waals surface area contributed by atoms with Gasteiger partial charge in [0.25, 0.3) is 11.8 Å². The summed E-state index contributed by atoms with van der Waals surface area (Å²) < 4.78 is 5.38. The second-order valence-corrected chi connectivity index (χ2v) is 8.32. The fraction of sp³-hybridized carbons (Fsp3) is 0.231. The number of ether oxygens (including phenoxy) is 1. The quantitative estimate of drug-likeness (QED) is 0.434. The van der Waals surface area contributed by atoms with E-state index in [1.807, 2.05) is 43.3 Å². The van der Waals surface area contributed by atoms with Gasteiger partial charge in [-0.3, -0.25) is 19.3 Å². The normalized spacial score (nSPS) is 17.3. The lowest BCUT2D eigenvalue weighted by Crippen LogP contribution is -2.42. The van der Waals surface area contributed by atoms with Gasteiger partial charge in [0.15, 0.2) is 6.61 Å². The molecule has 3 N–H and O–H groups in total. The molecule has 5 amide bonds. The Morgan fingerprint density at radius 2 is 1.69 bits per heavy atom. The Hall–Kier alpha value is -4.40. The highest BCUT2D eigenvalue weighted by atomic mass is 16.5. The molecule has 3 aromatic rings. The van der Waals surface area contributed by atoms with Crippen LogP contribution in [0.15, 0.2) is 66.7 Å². The van der Waals surface area contributed by atoms with E-state index in [2.05, 4.69) is 16.0 Å². The number of imide groups is 1. The van der Waals surface area contributed by atoms with Crippen LogP contribution in [0.5, 0.6) is 5.75 Å². The Kier molecular flexibility index (Phi) is 6.68. The molecule has 1 aliphatic heterocycles. The number of carbonyl (C=O) groups excluding carboxylic acids is 4. The van der Waals surface area contributed by atoms with Crippen molar-refractivity contribution >= 4 is 40.2 Å².